The van der Waals surface area contributed by atoms with E-state index >= 15 is 0 Å². The molecule has 0 fully saturated rings. The number of nitrogens with one attached hydrogen (secondary N) is 1. The first kappa shape index (κ1) is 15.1. The fourth-order valence-electron chi connectivity index (χ4n) is 2.85. The van der Waals surface area contributed by atoms with Gasteiger partial charge < -0.3 is 4.42 Å². The molecule has 1 N–H and O–H groups in total. The summed E-state index contributed by atoms with van der Waals surface area (Å²) in [7, 11) is 0. The highest BCUT2D eigenvalue weighted by Crippen LogP contribution is 2.28. The third kappa shape index (κ3) is 2.90. The smallest absolute Gasteiger partial charge is 0.307 e. The van der Waals surface area contributed by atoms with Crippen LogP contribution in [0.15, 0.2) is 76.2 Å². The SMILES string of the molecule is Cc1ccccc1/C=N/NC(=O)c1cc2c(ccc3ccccc32)o1. The van der Waals surface area contributed by atoms with E-state index in [2.05, 4.69) is 10.5 Å². The molecule has 4 rings (SSSR count). The molecule has 0 aliphatic heterocycles. The summed E-state index contributed by atoms with van der Waals surface area (Å²) in [6.45, 7) is 1.99. The van der Waals surface area contributed by atoms with Gasteiger partial charge in [-0.2, -0.15) is 5.10 Å². The molecule has 0 saturated carbocycles. The van der Waals surface area contributed by atoms with Crippen molar-refractivity contribution in [1.29, 1.82) is 0 Å². The molecule has 1 heterocycles. The number of fused-ring (bicyclic) bond motifs is 3. The van der Waals surface area contributed by atoms with E-state index in [1.807, 2.05) is 67.6 Å². The van der Waals surface area contributed by atoms with Crippen molar-refractivity contribution in [3.05, 3.63) is 83.6 Å². The van der Waals surface area contributed by atoms with Gasteiger partial charge in [-0.3, -0.25) is 4.79 Å². The van der Waals surface area contributed by atoms with Crippen LogP contribution in [-0.2, 0) is 0 Å². The predicted molar refractivity (Wildman–Crippen MR) is 100.0 cm³/mol. The van der Waals surface area contributed by atoms with Crippen LogP contribution in [0.4, 0.5) is 0 Å². The number of amides is 1. The van der Waals surface area contributed by atoms with Gasteiger partial charge in [-0.25, -0.2) is 5.43 Å². The summed E-state index contributed by atoms with van der Waals surface area (Å²) in [5.41, 5.74) is 5.26. The Labute approximate surface area is 144 Å². The fourth-order valence-corrected chi connectivity index (χ4v) is 2.85. The summed E-state index contributed by atoms with van der Waals surface area (Å²) in [6, 6.07) is 21.5. The fraction of sp³-hybridized carbons (Fsp3) is 0.0476. The largest absolute Gasteiger partial charge is 0.451 e. The zero-order chi connectivity index (χ0) is 17.2. The lowest BCUT2D eigenvalue weighted by atomic mass is 10.1. The molecule has 1 amide bonds. The Bertz CT molecular complexity index is 1110. The third-order valence-electron chi connectivity index (χ3n) is 4.21. The van der Waals surface area contributed by atoms with Gasteiger partial charge in [-0.15, -0.1) is 0 Å². The lowest BCUT2D eigenvalue weighted by molar-refractivity contribution is 0.0929. The third-order valence-corrected chi connectivity index (χ3v) is 4.21. The normalized spacial score (nSPS) is 11.4. The first-order valence-corrected chi connectivity index (χ1v) is 8.03. The molecule has 122 valence electrons. The summed E-state index contributed by atoms with van der Waals surface area (Å²) < 4.78 is 5.68. The molecule has 0 aliphatic rings. The quantitative estimate of drug-likeness (QED) is 0.439. The number of aryl methyl sites for hydroxylation is 1. The molecule has 4 aromatic rings. The van der Waals surface area contributed by atoms with E-state index < -0.39 is 0 Å². The van der Waals surface area contributed by atoms with Gasteiger partial charge in [0, 0.05) is 5.39 Å². The molecule has 0 radical (unpaired) electrons. The Kier molecular flexibility index (Phi) is 3.78. The Morgan fingerprint density at radius 3 is 2.68 bits per heavy atom. The number of nitrogens with zero attached hydrogens (tertiary/aromatic N) is 1. The van der Waals surface area contributed by atoms with Crippen LogP contribution in [0.3, 0.4) is 0 Å². The van der Waals surface area contributed by atoms with E-state index in [9.17, 15) is 4.79 Å². The van der Waals surface area contributed by atoms with Gasteiger partial charge in [-0.05, 0) is 41.0 Å². The molecular formula is C21H16N2O2. The van der Waals surface area contributed by atoms with E-state index in [1.165, 1.54) is 0 Å². The molecule has 0 saturated heterocycles. The van der Waals surface area contributed by atoms with E-state index in [0.29, 0.717) is 5.58 Å². The van der Waals surface area contributed by atoms with Gasteiger partial charge in [0.25, 0.3) is 0 Å². The lowest BCUT2D eigenvalue weighted by Crippen LogP contribution is -2.16. The molecule has 0 unspecified atom stereocenters. The van der Waals surface area contributed by atoms with Crippen LogP contribution in [0.5, 0.6) is 0 Å². The van der Waals surface area contributed by atoms with Crippen molar-refractivity contribution >= 4 is 33.9 Å². The molecule has 4 heteroatoms. The summed E-state index contributed by atoms with van der Waals surface area (Å²) in [6.07, 6.45) is 1.63. The molecule has 25 heavy (non-hydrogen) atoms. The Morgan fingerprint density at radius 2 is 1.80 bits per heavy atom. The van der Waals surface area contributed by atoms with Crippen molar-refractivity contribution in [2.75, 3.05) is 0 Å². The highest BCUT2D eigenvalue weighted by Gasteiger charge is 2.13. The zero-order valence-electron chi connectivity index (χ0n) is 13.7. The Hall–Kier alpha value is -3.40. The van der Waals surface area contributed by atoms with Gasteiger partial charge in [0.05, 0.1) is 6.21 Å². The molecule has 0 bridgehead atoms. The number of hydrogen-bond acceptors (Lipinski definition) is 3. The van der Waals surface area contributed by atoms with Crippen LogP contribution in [-0.4, -0.2) is 12.1 Å². The standard InChI is InChI=1S/C21H16N2O2/c1-14-6-2-3-8-16(14)13-22-23-21(24)20-12-18-17-9-5-4-7-15(17)10-11-19(18)25-20/h2-13H,1H3,(H,23,24)/b22-13+. The van der Waals surface area contributed by atoms with Crippen molar-refractivity contribution in [2.45, 2.75) is 6.92 Å². The lowest BCUT2D eigenvalue weighted by Gasteiger charge is -1.98. The number of carbonyl (C=O) groups is 1. The van der Waals surface area contributed by atoms with E-state index in [0.717, 1.165) is 27.3 Å². The predicted octanol–water partition coefficient (Wildman–Crippen LogP) is 4.66. The highest BCUT2D eigenvalue weighted by molar-refractivity contribution is 6.08. The molecule has 0 atom stereocenters. The monoisotopic (exact) mass is 328 g/mol. The average Bonchev–Trinajstić information content (AvgIpc) is 3.08. The van der Waals surface area contributed by atoms with Gasteiger partial charge in [0.2, 0.25) is 0 Å². The highest BCUT2D eigenvalue weighted by atomic mass is 16.3. The summed E-state index contributed by atoms with van der Waals surface area (Å²) in [4.78, 5) is 12.3. The molecule has 3 aromatic carbocycles. The molecular weight excluding hydrogens is 312 g/mol. The van der Waals surface area contributed by atoms with Gasteiger partial charge in [0.15, 0.2) is 5.76 Å². The summed E-state index contributed by atoms with van der Waals surface area (Å²) >= 11 is 0. The van der Waals surface area contributed by atoms with E-state index in [-0.39, 0.29) is 11.7 Å². The summed E-state index contributed by atoms with van der Waals surface area (Å²) in [5.74, 6) is -0.126. The minimum absolute atomic E-state index is 0.244. The first-order valence-electron chi connectivity index (χ1n) is 8.03. The van der Waals surface area contributed by atoms with Crippen LogP contribution < -0.4 is 5.43 Å². The minimum atomic E-state index is -0.370. The van der Waals surface area contributed by atoms with Gasteiger partial charge in [-0.1, -0.05) is 54.6 Å². The summed E-state index contributed by atoms with van der Waals surface area (Å²) in [5, 5.41) is 7.12. The number of carbonyl (C=O) groups excluding carboxylic acids is 1. The van der Waals surface area contributed by atoms with Gasteiger partial charge in [0.1, 0.15) is 5.58 Å². The molecule has 1 aromatic heterocycles. The maximum atomic E-state index is 12.3. The number of benzene rings is 3. The number of rotatable bonds is 3. The van der Waals surface area contributed by atoms with Crippen LogP contribution in [0.2, 0.25) is 0 Å². The van der Waals surface area contributed by atoms with Crippen molar-refractivity contribution in [1.82, 2.24) is 5.43 Å². The zero-order valence-corrected chi connectivity index (χ0v) is 13.7. The maximum absolute atomic E-state index is 12.3. The van der Waals surface area contributed by atoms with E-state index in [4.69, 9.17) is 4.42 Å². The van der Waals surface area contributed by atoms with Crippen molar-refractivity contribution in [3.63, 3.8) is 0 Å². The number of hydrazone groups is 1. The average molecular weight is 328 g/mol. The number of furan rings is 1. The van der Waals surface area contributed by atoms with Crippen LogP contribution in [0.1, 0.15) is 21.7 Å². The van der Waals surface area contributed by atoms with Crippen LogP contribution in [0, 0.1) is 6.92 Å². The minimum Gasteiger partial charge on any atom is -0.451 e. The molecule has 0 aliphatic carbocycles. The van der Waals surface area contributed by atoms with Crippen molar-refractivity contribution < 1.29 is 9.21 Å². The Balaban J connectivity index is 1.60. The van der Waals surface area contributed by atoms with Crippen molar-refractivity contribution in [3.8, 4) is 0 Å². The van der Waals surface area contributed by atoms with Gasteiger partial charge >= 0.3 is 5.91 Å². The van der Waals surface area contributed by atoms with Crippen LogP contribution in [0.25, 0.3) is 21.7 Å². The maximum Gasteiger partial charge on any atom is 0.307 e. The van der Waals surface area contributed by atoms with Crippen molar-refractivity contribution in [2.24, 2.45) is 5.10 Å². The molecule has 4 nitrogen and oxygen atoms in total. The molecule has 0 spiro atoms. The first-order chi connectivity index (χ1) is 12.2. The second-order valence-electron chi connectivity index (χ2n) is 5.86. The topological polar surface area (TPSA) is 54.6 Å². The van der Waals surface area contributed by atoms with E-state index in [1.54, 1.807) is 12.3 Å². The van der Waals surface area contributed by atoms with Crippen LogP contribution >= 0.6 is 0 Å². The second-order valence-corrected chi connectivity index (χ2v) is 5.86. The second kappa shape index (κ2) is 6.24. The Morgan fingerprint density at radius 1 is 1.00 bits per heavy atom. The number of hydrogen-bond donors (Lipinski definition) is 1.